The zero-order valence-electron chi connectivity index (χ0n) is 7.36. The third-order valence-corrected chi connectivity index (χ3v) is 1.15. The highest BCUT2D eigenvalue weighted by Gasteiger charge is 2.10. The lowest BCUT2D eigenvalue weighted by Crippen LogP contribution is -2.35. The van der Waals surface area contributed by atoms with Gasteiger partial charge in [0.1, 0.15) is 12.6 Å². The Morgan fingerprint density at radius 1 is 1.46 bits per heavy atom. The van der Waals surface area contributed by atoms with E-state index in [0.29, 0.717) is 0 Å². The fourth-order valence-electron chi connectivity index (χ4n) is 0.526. The number of carboxylic acids is 1. The van der Waals surface area contributed by atoms with Crippen molar-refractivity contribution in [1.29, 1.82) is 0 Å². The van der Waals surface area contributed by atoms with Crippen LogP contribution in [0.5, 0.6) is 0 Å². The maximum absolute atomic E-state index is 10.3. The zero-order valence-corrected chi connectivity index (χ0v) is 7.36. The van der Waals surface area contributed by atoms with Crippen molar-refractivity contribution >= 4 is 11.9 Å². The molecule has 0 aliphatic carbocycles. The molecule has 0 amide bonds. The Bertz CT molecular complexity index is 182. The van der Waals surface area contributed by atoms with Crippen LogP contribution in [0.4, 0.5) is 0 Å². The second kappa shape index (κ2) is 6.38. The summed E-state index contributed by atoms with van der Waals surface area (Å²) in [5, 5.41) is 8.34. The number of aliphatic carboxylic acids is 1. The summed E-state index contributed by atoms with van der Waals surface area (Å²) in [4.78, 5) is 20.4. The van der Waals surface area contributed by atoms with Gasteiger partial charge in [-0.1, -0.05) is 0 Å². The monoisotopic (exact) mass is 191 g/mol. The molecular formula is C7H13NO5. The highest BCUT2D eigenvalue weighted by molar-refractivity contribution is 5.73. The summed E-state index contributed by atoms with van der Waals surface area (Å²) in [5.74, 6) is -1.52. The Morgan fingerprint density at radius 3 is 2.54 bits per heavy atom. The number of hydrogen-bond acceptors (Lipinski definition) is 5. The van der Waals surface area contributed by atoms with E-state index in [1.165, 1.54) is 6.92 Å². The van der Waals surface area contributed by atoms with Crippen LogP contribution in [0.1, 0.15) is 6.92 Å². The summed E-state index contributed by atoms with van der Waals surface area (Å²) in [7, 11) is 0. The first kappa shape index (κ1) is 11.9. The van der Waals surface area contributed by atoms with Crippen molar-refractivity contribution in [1.82, 2.24) is 0 Å². The third-order valence-electron chi connectivity index (χ3n) is 1.15. The Morgan fingerprint density at radius 2 is 2.08 bits per heavy atom. The predicted molar refractivity (Wildman–Crippen MR) is 43.1 cm³/mol. The predicted octanol–water partition coefficient (Wildman–Crippen LogP) is -1.02. The minimum Gasteiger partial charge on any atom is -0.480 e. The number of carbonyl (C=O) groups is 2. The van der Waals surface area contributed by atoms with Gasteiger partial charge in [0.15, 0.2) is 0 Å². The first-order valence-electron chi connectivity index (χ1n) is 3.73. The number of carboxylic acid groups (broad SMARTS) is 1. The molecule has 6 nitrogen and oxygen atoms in total. The molecule has 0 radical (unpaired) electrons. The van der Waals surface area contributed by atoms with Gasteiger partial charge in [0.25, 0.3) is 0 Å². The van der Waals surface area contributed by atoms with Crippen molar-refractivity contribution in [2.45, 2.75) is 13.0 Å². The highest BCUT2D eigenvalue weighted by Crippen LogP contribution is 1.83. The summed E-state index contributed by atoms with van der Waals surface area (Å²) in [6.45, 7) is 1.46. The van der Waals surface area contributed by atoms with Gasteiger partial charge in [0, 0.05) is 6.92 Å². The van der Waals surface area contributed by atoms with Gasteiger partial charge in [0.2, 0.25) is 0 Å². The number of ether oxygens (including phenoxy) is 2. The van der Waals surface area contributed by atoms with Gasteiger partial charge in [-0.2, -0.15) is 0 Å². The van der Waals surface area contributed by atoms with Gasteiger partial charge in [-0.25, -0.2) is 0 Å². The summed E-state index contributed by atoms with van der Waals surface area (Å²) in [6.07, 6.45) is 0. The lowest BCUT2D eigenvalue weighted by Gasteiger charge is -2.07. The van der Waals surface area contributed by atoms with Crippen molar-refractivity contribution in [2.24, 2.45) is 5.73 Å². The normalized spacial score (nSPS) is 12.2. The minimum atomic E-state index is -1.12. The van der Waals surface area contributed by atoms with Gasteiger partial charge in [-0.3, -0.25) is 9.59 Å². The zero-order chi connectivity index (χ0) is 10.3. The topological polar surface area (TPSA) is 98.9 Å². The van der Waals surface area contributed by atoms with Crippen molar-refractivity contribution in [3.05, 3.63) is 0 Å². The maximum atomic E-state index is 10.3. The number of rotatable bonds is 6. The molecule has 13 heavy (non-hydrogen) atoms. The quantitative estimate of drug-likeness (QED) is 0.411. The van der Waals surface area contributed by atoms with Crippen LogP contribution in [0, 0.1) is 0 Å². The molecule has 0 unspecified atom stereocenters. The molecule has 0 heterocycles. The van der Waals surface area contributed by atoms with Crippen molar-refractivity contribution in [3.63, 3.8) is 0 Å². The van der Waals surface area contributed by atoms with Crippen molar-refractivity contribution in [3.8, 4) is 0 Å². The highest BCUT2D eigenvalue weighted by atomic mass is 16.6. The van der Waals surface area contributed by atoms with Gasteiger partial charge in [0.05, 0.1) is 13.2 Å². The molecule has 76 valence electrons. The largest absolute Gasteiger partial charge is 0.480 e. The Labute approximate surface area is 75.6 Å². The van der Waals surface area contributed by atoms with E-state index in [0.717, 1.165) is 0 Å². The lowest BCUT2D eigenvalue weighted by molar-refractivity contribution is -0.144. The smallest absolute Gasteiger partial charge is 0.322 e. The van der Waals surface area contributed by atoms with Crippen molar-refractivity contribution < 1.29 is 24.2 Å². The van der Waals surface area contributed by atoms with E-state index >= 15 is 0 Å². The summed E-state index contributed by atoms with van der Waals surface area (Å²) < 4.78 is 9.36. The molecule has 0 aliphatic rings. The van der Waals surface area contributed by atoms with Crippen LogP contribution in [-0.2, 0) is 19.1 Å². The second-order valence-corrected chi connectivity index (χ2v) is 2.36. The van der Waals surface area contributed by atoms with E-state index in [9.17, 15) is 9.59 Å². The Balaban J connectivity index is 3.26. The van der Waals surface area contributed by atoms with E-state index in [1.807, 2.05) is 0 Å². The molecule has 0 aliphatic heterocycles. The fraction of sp³-hybridized carbons (Fsp3) is 0.714. The molecule has 3 N–H and O–H groups in total. The third kappa shape index (κ3) is 7.23. The molecule has 0 aromatic rings. The summed E-state index contributed by atoms with van der Waals surface area (Å²) >= 11 is 0. The molecule has 6 heteroatoms. The molecule has 1 atom stereocenters. The van der Waals surface area contributed by atoms with E-state index < -0.39 is 18.0 Å². The molecule has 0 aromatic heterocycles. The standard InChI is InChI=1S/C7H13NO5/c1-5(9)13-3-2-12-4-6(8)7(10)11/h6H,2-4,8H2,1H3,(H,10,11)/t6-/m0/s1. The van der Waals surface area contributed by atoms with Gasteiger partial charge in [-0.05, 0) is 0 Å². The Hall–Kier alpha value is -1.14. The van der Waals surface area contributed by atoms with Crippen LogP contribution in [0.2, 0.25) is 0 Å². The Kier molecular flexibility index (Phi) is 5.82. The molecular weight excluding hydrogens is 178 g/mol. The molecule has 0 bridgehead atoms. The number of nitrogens with two attached hydrogens (primary N) is 1. The van der Waals surface area contributed by atoms with Gasteiger partial charge in [-0.15, -0.1) is 0 Å². The maximum Gasteiger partial charge on any atom is 0.322 e. The SMILES string of the molecule is CC(=O)OCCOC[C@H](N)C(=O)O. The minimum absolute atomic E-state index is 0.0867. The lowest BCUT2D eigenvalue weighted by atomic mass is 10.3. The first-order chi connectivity index (χ1) is 6.04. The summed E-state index contributed by atoms with van der Waals surface area (Å²) in [5.41, 5.74) is 5.13. The molecule has 0 rings (SSSR count). The van der Waals surface area contributed by atoms with Crippen LogP contribution >= 0.6 is 0 Å². The van der Waals surface area contributed by atoms with E-state index in [1.54, 1.807) is 0 Å². The molecule has 0 spiro atoms. The molecule has 0 fully saturated rings. The molecule has 0 saturated heterocycles. The second-order valence-electron chi connectivity index (χ2n) is 2.36. The molecule has 0 aromatic carbocycles. The van der Waals surface area contributed by atoms with E-state index in [4.69, 9.17) is 15.6 Å². The van der Waals surface area contributed by atoms with Gasteiger partial charge < -0.3 is 20.3 Å². The summed E-state index contributed by atoms with van der Waals surface area (Å²) in [6, 6.07) is -1.03. The number of carbonyl (C=O) groups excluding carboxylic acids is 1. The van der Waals surface area contributed by atoms with Crippen LogP contribution in [0.15, 0.2) is 0 Å². The van der Waals surface area contributed by atoms with Crippen LogP contribution in [0.3, 0.4) is 0 Å². The average molecular weight is 191 g/mol. The average Bonchev–Trinajstić information content (AvgIpc) is 2.02. The van der Waals surface area contributed by atoms with Gasteiger partial charge >= 0.3 is 11.9 Å². The van der Waals surface area contributed by atoms with Crippen LogP contribution in [0.25, 0.3) is 0 Å². The van der Waals surface area contributed by atoms with Crippen molar-refractivity contribution in [2.75, 3.05) is 19.8 Å². The van der Waals surface area contributed by atoms with E-state index in [-0.39, 0.29) is 19.8 Å². The van der Waals surface area contributed by atoms with Crippen LogP contribution < -0.4 is 5.73 Å². The van der Waals surface area contributed by atoms with Crippen LogP contribution in [-0.4, -0.2) is 42.9 Å². The first-order valence-corrected chi connectivity index (χ1v) is 3.73. The molecule has 0 saturated carbocycles. The fourth-order valence-corrected chi connectivity index (χ4v) is 0.526. The van der Waals surface area contributed by atoms with E-state index in [2.05, 4.69) is 4.74 Å². The number of esters is 1. The number of hydrogen-bond donors (Lipinski definition) is 2.